The Morgan fingerprint density at radius 1 is 1.08 bits per heavy atom. The number of hydrogen-bond acceptors (Lipinski definition) is 4. The van der Waals surface area contributed by atoms with Crippen LogP contribution >= 0.6 is 31.9 Å². The van der Waals surface area contributed by atoms with Gasteiger partial charge in [-0.3, -0.25) is 4.79 Å². The van der Waals surface area contributed by atoms with E-state index in [-0.39, 0.29) is 43.0 Å². The predicted octanol–water partition coefficient (Wildman–Crippen LogP) is 3.37. The second kappa shape index (κ2) is 7.79. The van der Waals surface area contributed by atoms with Crippen LogP contribution in [-0.2, 0) is 13.2 Å². The van der Waals surface area contributed by atoms with Crippen LogP contribution in [0, 0.1) is 11.6 Å². The molecule has 0 saturated heterocycles. The van der Waals surface area contributed by atoms with Crippen LogP contribution in [0.25, 0.3) is 0 Å². The van der Waals surface area contributed by atoms with Gasteiger partial charge in [0, 0.05) is 31.2 Å². The molecule has 0 fully saturated rings. The van der Waals surface area contributed by atoms with Crippen LogP contribution < -0.4 is 0 Å². The molecular weight excluding hydrogens is 454 g/mol. The maximum Gasteiger partial charge on any atom is 0.153 e. The van der Waals surface area contributed by atoms with E-state index in [0.29, 0.717) is 0 Å². The van der Waals surface area contributed by atoms with Crippen molar-refractivity contribution >= 4 is 38.1 Å². The van der Waals surface area contributed by atoms with Crippen molar-refractivity contribution in [3.8, 4) is 0 Å². The fraction of sp³-hybridized carbons (Fsp3) is 0.188. The molecule has 24 heavy (non-hydrogen) atoms. The lowest BCUT2D eigenvalue weighted by Gasteiger charge is -2.20. The van der Waals surface area contributed by atoms with Crippen molar-refractivity contribution < 1.29 is 28.9 Å². The van der Waals surface area contributed by atoms with Crippen LogP contribution in [0.15, 0.2) is 27.1 Å². The van der Waals surface area contributed by atoms with E-state index < -0.39 is 31.0 Å². The van der Waals surface area contributed by atoms with Crippen molar-refractivity contribution in [2.75, 3.05) is 0 Å². The number of rotatable bonds is 5. The first-order valence-electron chi connectivity index (χ1n) is 6.69. The highest BCUT2D eigenvalue weighted by atomic mass is 79.9. The normalized spacial score (nSPS) is 12.3. The second-order valence-electron chi connectivity index (χ2n) is 4.96. The van der Waals surface area contributed by atoms with Crippen molar-refractivity contribution in [3.63, 3.8) is 0 Å². The molecule has 2 rings (SSSR count). The highest BCUT2D eigenvalue weighted by Crippen LogP contribution is 2.37. The third kappa shape index (κ3) is 3.43. The highest BCUT2D eigenvalue weighted by molar-refractivity contribution is 9.10. The molecule has 4 nitrogen and oxygen atoms in total. The molecule has 1 atom stereocenters. The van der Waals surface area contributed by atoms with Gasteiger partial charge < -0.3 is 15.3 Å². The number of benzene rings is 2. The average molecular weight is 466 g/mol. The van der Waals surface area contributed by atoms with Gasteiger partial charge in [0.05, 0.1) is 18.8 Å². The maximum atomic E-state index is 14.5. The Bertz CT molecular complexity index is 796. The van der Waals surface area contributed by atoms with E-state index in [1.807, 2.05) is 0 Å². The van der Waals surface area contributed by atoms with Gasteiger partial charge in [0.1, 0.15) is 17.7 Å². The Morgan fingerprint density at radius 3 is 2.29 bits per heavy atom. The molecular formula is C16H12Br2F2O4. The lowest BCUT2D eigenvalue weighted by Crippen LogP contribution is -2.11. The molecule has 128 valence electrons. The summed E-state index contributed by atoms with van der Waals surface area (Å²) in [6, 6.07) is 3.42. The minimum Gasteiger partial charge on any atom is -0.392 e. The van der Waals surface area contributed by atoms with Gasteiger partial charge in [-0.25, -0.2) is 8.78 Å². The van der Waals surface area contributed by atoms with E-state index in [1.54, 1.807) is 0 Å². The summed E-state index contributed by atoms with van der Waals surface area (Å²) in [5.74, 6) is -1.77. The van der Waals surface area contributed by atoms with Crippen molar-refractivity contribution in [2.24, 2.45) is 0 Å². The number of carbonyl (C=O) groups excluding carboxylic acids is 1. The van der Waals surface area contributed by atoms with E-state index in [9.17, 15) is 23.8 Å². The summed E-state index contributed by atoms with van der Waals surface area (Å²) in [6.07, 6.45) is -1.36. The van der Waals surface area contributed by atoms with Gasteiger partial charge in [0.15, 0.2) is 6.29 Å². The molecule has 0 aliphatic carbocycles. The van der Waals surface area contributed by atoms with E-state index in [1.165, 1.54) is 12.1 Å². The van der Waals surface area contributed by atoms with E-state index in [0.717, 1.165) is 6.07 Å². The van der Waals surface area contributed by atoms with Crippen LogP contribution in [0.1, 0.15) is 38.7 Å². The predicted molar refractivity (Wildman–Crippen MR) is 89.5 cm³/mol. The molecule has 0 bridgehead atoms. The monoisotopic (exact) mass is 464 g/mol. The Morgan fingerprint density at radius 2 is 1.75 bits per heavy atom. The number of hydrogen-bond donors (Lipinski definition) is 3. The fourth-order valence-electron chi connectivity index (χ4n) is 2.32. The summed E-state index contributed by atoms with van der Waals surface area (Å²) in [5, 5.41) is 29.1. The molecule has 0 saturated carbocycles. The van der Waals surface area contributed by atoms with Gasteiger partial charge in [0.2, 0.25) is 0 Å². The first kappa shape index (κ1) is 19.1. The van der Waals surface area contributed by atoms with Gasteiger partial charge in [-0.2, -0.15) is 0 Å². The first-order valence-corrected chi connectivity index (χ1v) is 8.27. The van der Waals surface area contributed by atoms with Gasteiger partial charge in [-0.1, -0.05) is 31.9 Å². The Balaban J connectivity index is 2.70. The average Bonchev–Trinajstić information content (AvgIpc) is 2.57. The topological polar surface area (TPSA) is 77.8 Å². The van der Waals surface area contributed by atoms with Crippen LogP contribution in [0.4, 0.5) is 8.78 Å². The molecule has 0 heterocycles. The number of halogens is 4. The van der Waals surface area contributed by atoms with E-state index >= 15 is 0 Å². The first-order chi connectivity index (χ1) is 11.3. The molecule has 0 amide bonds. The standard InChI is InChI=1S/C16H12Br2F2O4/c17-11-1-7(4-21)13(19)3-9(11)16(24)14-10(6-23)12(18)2-8(5-22)15(14)20/h1-3,5,16,21,23-24H,4,6H2. The second-order valence-corrected chi connectivity index (χ2v) is 6.66. The number of aldehydes is 1. The molecule has 2 aromatic rings. The van der Waals surface area contributed by atoms with E-state index in [2.05, 4.69) is 31.9 Å². The number of aliphatic hydroxyl groups is 3. The zero-order chi connectivity index (χ0) is 18.0. The summed E-state index contributed by atoms with van der Waals surface area (Å²) in [6.45, 7) is -1.14. The van der Waals surface area contributed by atoms with Crippen molar-refractivity contribution in [2.45, 2.75) is 19.3 Å². The Kier molecular flexibility index (Phi) is 6.22. The summed E-state index contributed by atoms with van der Waals surface area (Å²) in [4.78, 5) is 11.0. The summed E-state index contributed by atoms with van der Waals surface area (Å²) in [7, 11) is 0. The Labute approximate surface area is 153 Å². The van der Waals surface area contributed by atoms with Gasteiger partial charge in [-0.05, 0) is 18.2 Å². The molecule has 0 aliphatic heterocycles. The number of carbonyl (C=O) groups is 1. The van der Waals surface area contributed by atoms with Gasteiger partial charge in [-0.15, -0.1) is 0 Å². The largest absolute Gasteiger partial charge is 0.392 e. The fourth-order valence-corrected chi connectivity index (χ4v) is 3.52. The molecule has 0 spiro atoms. The minimum atomic E-state index is -1.64. The molecule has 1 unspecified atom stereocenters. The summed E-state index contributed by atoms with van der Waals surface area (Å²) in [5.41, 5.74) is -0.594. The zero-order valence-electron chi connectivity index (χ0n) is 12.1. The van der Waals surface area contributed by atoms with Crippen LogP contribution in [0.5, 0.6) is 0 Å². The lowest BCUT2D eigenvalue weighted by molar-refractivity contribution is 0.111. The molecule has 8 heteroatoms. The maximum absolute atomic E-state index is 14.5. The summed E-state index contributed by atoms with van der Waals surface area (Å²) < 4.78 is 28.9. The quantitative estimate of drug-likeness (QED) is 0.591. The smallest absolute Gasteiger partial charge is 0.153 e. The third-order valence-corrected chi connectivity index (χ3v) is 4.97. The highest BCUT2D eigenvalue weighted by Gasteiger charge is 2.26. The van der Waals surface area contributed by atoms with Gasteiger partial charge >= 0.3 is 0 Å². The molecule has 0 radical (unpaired) electrons. The van der Waals surface area contributed by atoms with Crippen molar-refractivity contribution in [3.05, 3.63) is 66.6 Å². The SMILES string of the molecule is O=Cc1cc(Br)c(CO)c(C(O)c2cc(F)c(CO)cc2Br)c1F. The Hall–Kier alpha value is -1.19. The van der Waals surface area contributed by atoms with Crippen molar-refractivity contribution in [1.82, 2.24) is 0 Å². The molecule has 3 N–H and O–H groups in total. The van der Waals surface area contributed by atoms with Crippen LogP contribution in [0.3, 0.4) is 0 Å². The van der Waals surface area contributed by atoms with Crippen LogP contribution in [-0.4, -0.2) is 21.6 Å². The van der Waals surface area contributed by atoms with Crippen LogP contribution in [0.2, 0.25) is 0 Å². The third-order valence-electron chi connectivity index (χ3n) is 3.57. The minimum absolute atomic E-state index is 0.00324. The summed E-state index contributed by atoms with van der Waals surface area (Å²) >= 11 is 6.26. The molecule has 2 aromatic carbocycles. The lowest BCUT2D eigenvalue weighted by atomic mass is 9.93. The number of aliphatic hydroxyl groups excluding tert-OH is 3. The molecule has 0 aromatic heterocycles. The van der Waals surface area contributed by atoms with E-state index in [4.69, 9.17) is 5.11 Å². The molecule has 0 aliphatic rings. The zero-order valence-corrected chi connectivity index (χ0v) is 15.2. The van der Waals surface area contributed by atoms with Crippen molar-refractivity contribution in [1.29, 1.82) is 0 Å². The van der Waals surface area contributed by atoms with Gasteiger partial charge in [0.25, 0.3) is 0 Å².